The molecule has 8 nitrogen and oxygen atoms in total. The standard InChI is InChI=1S/C24H30N2O6S/c1-17-10-15-26(24(17)12-13-24)33(29,30)21-9-5-8-20-19(21)11-14-25(22(20)27)16-31-23(28)32-18-6-3-2-4-7-18/h5,8-9,11,14,17-18H,2-4,6-7,10,12-13,15-16H2,1H3. The molecule has 1 unspecified atom stereocenters. The summed E-state index contributed by atoms with van der Waals surface area (Å²) >= 11 is 0. The van der Waals surface area contributed by atoms with E-state index >= 15 is 0 Å². The topological polar surface area (TPSA) is 94.9 Å². The highest BCUT2D eigenvalue weighted by atomic mass is 32.2. The molecule has 1 aromatic heterocycles. The zero-order chi connectivity index (χ0) is 23.2. The van der Waals surface area contributed by atoms with Gasteiger partial charge in [0.15, 0.2) is 6.73 Å². The molecule has 0 N–H and O–H groups in total. The van der Waals surface area contributed by atoms with Crippen LogP contribution in [-0.2, 0) is 26.2 Å². The Morgan fingerprint density at radius 3 is 2.58 bits per heavy atom. The van der Waals surface area contributed by atoms with Gasteiger partial charge in [-0.3, -0.25) is 9.36 Å². The summed E-state index contributed by atoms with van der Waals surface area (Å²) in [6.07, 6.45) is 8.06. The first kappa shape index (κ1) is 22.4. The number of nitrogens with zero attached hydrogens (tertiary/aromatic N) is 2. The van der Waals surface area contributed by atoms with Crippen LogP contribution in [0.3, 0.4) is 0 Å². The number of hydrogen-bond acceptors (Lipinski definition) is 6. The zero-order valence-electron chi connectivity index (χ0n) is 18.9. The molecule has 2 heterocycles. The number of pyridine rings is 1. The number of aromatic nitrogens is 1. The molecule has 1 aliphatic heterocycles. The van der Waals surface area contributed by atoms with Crippen LogP contribution >= 0.6 is 0 Å². The molecule has 0 amide bonds. The normalized spacial score (nSPS) is 23.1. The molecular weight excluding hydrogens is 444 g/mol. The number of carbonyl (C=O) groups excluding carboxylic acids is 1. The van der Waals surface area contributed by atoms with Crippen LogP contribution in [0.15, 0.2) is 40.2 Å². The van der Waals surface area contributed by atoms with Gasteiger partial charge in [-0.25, -0.2) is 13.2 Å². The molecule has 0 bridgehead atoms. The fraction of sp³-hybridized carbons (Fsp3) is 0.583. The highest BCUT2D eigenvalue weighted by Gasteiger charge is 2.59. The van der Waals surface area contributed by atoms with Gasteiger partial charge in [0.25, 0.3) is 5.56 Å². The number of sulfonamides is 1. The van der Waals surface area contributed by atoms with Crippen LogP contribution < -0.4 is 5.56 Å². The summed E-state index contributed by atoms with van der Waals surface area (Å²) in [7, 11) is -3.74. The lowest BCUT2D eigenvalue weighted by Crippen LogP contribution is -2.39. The van der Waals surface area contributed by atoms with Gasteiger partial charge in [-0.05, 0) is 69.1 Å². The second-order valence-corrected chi connectivity index (χ2v) is 11.4. The molecule has 3 fully saturated rings. The molecule has 33 heavy (non-hydrogen) atoms. The van der Waals surface area contributed by atoms with E-state index in [-0.39, 0.29) is 28.7 Å². The highest BCUT2D eigenvalue weighted by molar-refractivity contribution is 7.89. The Hall–Kier alpha value is -2.39. The monoisotopic (exact) mass is 474 g/mol. The van der Waals surface area contributed by atoms with E-state index in [2.05, 4.69) is 6.92 Å². The summed E-state index contributed by atoms with van der Waals surface area (Å²) in [4.78, 5) is 25.2. The predicted molar refractivity (Wildman–Crippen MR) is 122 cm³/mol. The van der Waals surface area contributed by atoms with Crippen LogP contribution in [0.4, 0.5) is 4.79 Å². The van der Waals surface area contributed by atoms with Gasteiger partial charge in [0.2, 0.25) is 10.0 Å². The van der Waals surface area contributed by atoms with Crippen LogP contribution in [0.5, 0.6) is 0 Å². The van der Waals surface area contributed by atoms with Crippen LogP contribution in [-0.4, -0.2) is 41.6 Å². The number of benzene rings is 1. The Bertz CT molecular complexity index is 1230. The Kier molecular flexibility index (Phi) is 5.73. The third-order valence-corrected chi connectivity index (χ3v) is 9.66. The van der Waals surface area contributed by atoms with E-state index in [9.17, 15) is 18.0 Å². The lowest BCUT2D eigenvalue weighted by molar-refractivity contribution is -0.00412. The van der Waals surface area contributed by atoms with Crippen molar-refractivity contribution in [2.24, 2.45) is 5.92 Å². The number of rotatable bonds is 5. The van der Waals surface area contributed by atoms with Crippen molar-refractivity contribution in [3.8, 4) is 0 Å². The van der Waals surface area contributed by atoms with Gasteiger partial charge in [0.1, 0.15) is 6.10 Å². The van der Waals surface area contributed by atoms with E-state index in [1.54, 1.807) is 28.6 Å². The van der Waals surface area contributed by atoms with Crippen LogP contribution in [0, 0.1) is 5.92 Å². The Balaban J connectivity index is 1.37. The van der Waals surface area contributed by atoms with E-state index in [1.165, 1.54) is 10.8 Å². The zero-order valence-corrected chi connectivity index (χ0v) is 19.7. The van der Waals surface area contributed by atoms with Gasteiger partial charge in [0, 0.05) is 29.1 Å². The maximum atomic E-state index is 13.6. The minimum Gasteiger partial charge on any atom is -0.431 e. The van der Waals surface area contributed by atoms with Gasteiger partial charge >= 0.3 is 6.16 Å². The SMILES string of the molecule is CC1CCN(S(=O)(=O)c2cccc3c(=O)n(COC(=O)OC4CCCCC4)ccc23)C12CC2. The van der Waals surface area contributed by atoms with E-state index in [1.807, 2.05) is 0 Å². The molecule has 2 aromatic rings. The maximum absolute atomic E-state index is 13.6. The number of carbonyl (C=O) groups is 1. The van der Waals surface area contributed by atoms with E-state index in [0.29, 0.717) is 17.8 Å². The molecule has 1 aromatic carbocycles. The third-order valence-electron chi connectivity index (χ3n) is 7.62. The van der Waals surface area contributed by atoms with E-state index in [0.717, 1.165) is 51.4 Å². The predicted octanol–water partition coefficient (Wildman–Crippen LogP) is 4.01. The molecule has 1 saturated heterocycles. The number of hydrogen-bond donors (Lipinski definition) is 0. The van der Waals surface area contributed by atoms with Crippen molar-refractivity contribution in [1.29, 1.82) is 0 Å². The van der Waals surface area contributed by atoms with E-state index < -0.39 is 21.7 Å². The largest absolute Gasteiger partial charge is 0.510 e. The van der Waals surface area contributed by atoms with Crippen LogP contribution in [0.1, 0.15) is 58.3 Å². The molecule has 2 aliphatic carbocycles. The van der Waals surface area contributed by atoms with Gasteiger partial charge in [-0.2, -0.15) is 4.31 Å². The molecule has 0 radical (unpaired) electrons. The minimum atomic E-state index is -3.74. The fourth-order valence-corrected chi connectivity index (χ4v) is 7.62. The highest BCUT2D eigenvalue weighted by Crippen LogP contribution is 2.55. The second-order valence-electron chi connectivity index (χ2n) is 9.58. The smallest absolute Gasteiger partial charge is 0.431 e. The summed E-state index contributed by atoms with van der Waals surface area (Å²) in [5.41, 5.74) is -0.673. The van der Waals surface area contributed by atoms with Gasteiger partial charge in [-0.15, -0.1) is 0 Å². The first-order valence-corrected chi connectivity index (χ1v) is 13.3. The Labute approximate surface area is 193 Å². The van der Waals surface area contributed by atoms with Gasteiger partial charge in [-0.1, -0.05) is 19.4 Å². The van der Waals surface area contributed by atoms with Crippen molar-refractivity contribution in [2.45, 2.75) is 81.6 Å². The second kappa shape index (κ2) is 8.43. The van der Waals surface area contributed by atoms with Gasteiger partial charge < -0.3 is 9.47 Å². The molecule has 5 rings (SSSR count). The molecule has 3 aliphatic rings. The number of fused-ring (bicyclic) bond motifs is 1. The molecular formula is C24H30N2O6S. The molecule has 178 valence electrons. The summed E-state index contributed by atoms with van der Waals surface area (Å²) < 4.78 is 40.6. The molecule has 2 saturated carbocycles. The van der Waals surface area contributed by atoms with Crippen LogP contribution in [0.25, 0.3) is 10.8 Å². The summed E-state index contributed by atoms with van der Waals surface area (Å²) in [5.74, 6) is 0.338. The van der Waals surface area contributed by atoms with Crippen molar-refractivity contribution in [3.63, 3.8) is 0 Å². The van der Waals surface area contributed by atoms with Crippen LogP contribution in [0.2, 0.25) is 0 Å². The molecule has 1 atom stereocenters. The quantitative estimate of drug-likeness (QED) is 0.608. The number of ether oxygens (including phenoxy) is 2. The first-order chi connectivity index (χ1) is 15.8. The first-order valence-electron chi connectivity index (χ1n) is 11.8. The Morgan fingerprint density at radius 2 is 1.85 bits per heavy atom. The van der Waals surface area contributed by atoms with Crippen molar-refractivity contribution >= 4 is 27.0 Å². The van der Waals surface area contributed by atoms with Gasteiger partial charge in [0.05, 0.1) is 4.90 Å². The summed E-state index contributed by atoms with van der Waals surface area (Å²) in [6, 6.07) is 6.38. The van der Waals surface area contributed by atoms with Crippen molar-refractivity contribution in [1.82, 2.24) is 8.87 Å². The van der Waals surface area contributed by atoms with Crippen molar-refractivity contribution in [3.05, 3.63) is 40.8 Å². The minimum absolute atomic E-state index is 0.129. The van der Waals surface area contributed by atoms with E-state index in [4.69, 9.17) is 9.47 Å². The average Bonchev–Trinajstić information content (AvgIpc) is 3.53. The lowest BCUT2D eigenvalue weighted by Gasteiger charge is -2.26. The summed E-state index contributed by atoms with van der Waals surface area (Å²) in [6.45, 7) is 2.33. The maximum Gasteiger partial charge on any atom is 0.510 e. The average molecular weight is 475 g/mol. The molecule has 1 spiro atoms. The fourth-order valence-electron chi connectivity index (χ4n) is 5.49. The summed E-state index contributed by atoms with van der Waals surface area (Å²) in [5, 5.41) is 0.666. The van der Waals surface area contributed by atoms with Crippen molar-refractivity contribution in [2.75, 3.05) is 6.54 Å². The lowest BCUT2D eigenvalue weighted by atomic mass is 9.98. The van der Waals surface area contributed by atoms with Crippen molar-refractivity contribution < 1.29 is 22.7 Å². The molecule has 9 heteroatoms. The third kappa shape index (κ3) is 3.95. The Morgan fingerprint density at radius 1 is 1.09 bits per heavy atom.